The summed E-state index contributed by atoms with van der Waals surface area (Å²) in [5.74, 6) is 1.47. The lowest BCUT2D eigenvalue weighted by Gasteiger charge is -2.31. The van der Waals surface area contributed by atoms with Gasteiger partial charge in [0.1, 0.15) is 0 Å². The first-order valence-corrected chi connectivity index (χ1v) is 14.3. The summed E-state index contributed by atoms with van der Waals surface area (Å²) in [5, 5.41) is 3.40. The van der Waals surface area contributed by atoms with Crippen molar-refractivity contribution in [1.29, 1.82) is 0 Å². The normalized spacial score (nSPS) is 19.1. The van der Waals surface area contributed by atoms with Gasteiger partial charge in [-0.25, -0.2) is 0 Å². The van der Waals surface area contributed by atoms with Gasteiger partial charge in [0.15, 0.2) is 0 Å². The van der Waals surface area contributed by atoms with Crippen LogP contribution < -0.4 is 5.32 Å². The zero-order valence-electron chi connectivity index (χ0n) is 20.7. The first kappa shape index (κ1) is 25.8. The lowest BCUT2D eigenvalue weighted by atomic mass is 9.78. The number of piperidine rings is 1. The Bertz CT molecular complexity index is 1020. The smallest absolute Gasteiger partial charge is 0.222 e. The van der Waals surface area contributed by atoms with Crippen LogP contribution in [0.25, 0.3) is 0 Å². The van der Waals surface area contributed by atoms with Crippen LogP contribution in [0.3, 0.4) is 0 Å². The number of rotatable bonds is 7. The van der Waals surface area contributed by atoms with Crippen LogP contribution in [0.1, 0.15) is 72.9 Å². The minimum absolute atomic E-state index is 0.230. The minimum atomic E-state index is 0.230. The van der Waals surface area contributed by atoms with E-state index in [1.807, 2.05) is 18.1 Å². The minimum Gasteiger partial charge on any atom is -0.346 e. The Morgan fingerprint density at radius 1 is 1.18 bits per heavy atom. The number of aryl methyl sites for hydroxylation is 3. The maximum absolute atomic E-state index is 12.9. The number of hydrogen-bond acceptors (Lipinski definition) is 3. The molecule has 34 heavy (non-hydrogen) atoms. The van der Waals surface area contributed by atoms with E-state index in [-0.39, 0.29) is 5.92 Å². The third-order valence-electron chi connectivity index (χ3n) is 7.78. The molecule has 0 saturated carbocycles. The van der Waals surface area contributed by atoms with Gasteiger partial charge in [-0.3, -0.25) is 9.78 Å². The van der Waals surface area contributed by atoms with Crippen LogP contribution in [0.15, 0.2) is 33.3 Å². The number of benzene rings is 1. The second kappa shape index (κ2) is 11.7. The molecule has 6 heteroatoms. The Kier molecular flexibility index (Phi) is 8.86. The van der Waals surface area contributed by atoms with Gasteiger partial charge in [-0.2, -0.15) is 0 Å². The summed E-state index contributed by atoms with van der Waals surface area (Å²) in [5.41, 5.74) is 6.67. The van der Waals surface area contributed by atoms with Crippen LogP contribution in [0, 0.1) is 18.8 Å². The topological polar surface area (TPSA) is 45.2 Å². The molecule has 0 radical (unpaired) electrons. The van der Waals surface area contributed by atoms with Crippen molar-refractivity contribution >= 4 is 37.8 Å². The maximum atomic E-state index is 12.9. The second-order valence-electron chi connectivity index (χ2n) is 10.2. The number of nitrogens with zero attached hydrogens (tertiary/aromatic N) is 2. The molecule has 0 bridgehead atoms. The highest BCUT2D eigenvalue weighted by atomic mass is 79.9. The van der Waals surface area contributed by atoms with Gasteiger partial charge >= 0.3 is 0 Å². The molecule has 2 aromatic rings. The van der Waals surface area contributed by atoms with E-state index in [2.05, 4.69) is 69.2 Å². The molecular formula is C28H37Br2N3O. The zero-order valence-corrected chi connectivity index (χ0v) is 23.8. The van der Waals surface area contributed by atoms with Crippen molar-refractivity contribution in [2.24, 2.45) is 11.8 Å². The molecule has 1 aromatic carbocycles. The summed E-state index contributed by atoms with van der Waals surface area (Å²) in [6.07, 6.45) is 8.92. The summed E-state index contributed by atoms with van der Waals surface area (Å²) in [4.78, 5) is 19.9. The Labute approximate surface area is 221 Å². The number of fused-ring (bicyclic) bond motifs is 2. The highest BCUT2D eigenvalue weighted by Crippen LogP contribution is 2.44. The molecule has 4 rings (SSSR count). The van der Waals surface area contributed by atoms with Crippen LogP contribution in [0.4, 0.5) is 0 Å². The molecule has 2 atom stereocenters. The maximum Gasteiger partial charge on any atom is 0.222 e. The van der Waals surface area contributed by atoms with E-state index in [0.717, 1.165) is 62.6 Å². The number of carbonyl (C=O) groups excluding carboxylic acids is 1. The van der Waals surface area contributed by atoms with E-state index in [1.54, 1.807) is 0 Å². The highest BCUT2D eigenvalue weighted by Gasteiger charge is 2.33. The number of aromatic nitrogens is 1. The molecule has 1 amide bonds. The molecule has 2 heterocycles. The van der Waals surface area contributed by atoms with E-state index in [0.29, 0.717) is 24.2 Å². The van der Waals surface area contributed by atoms with Gasteiger partial charge in [0.25, 0.3) is 0 Å². The molecule has 1 aliphatic carbocycles. The Balaban J connectivity index is 1.57. The van der Waals surface area contributed by atoms with Crippen molar-refractivity contribution in [3.05, 3.63) is 61.3 Å². The van der Waals surface area contributed by atoms with Gasteiger partial charge in [-0.05, 0) is 114 Å². The monoisotopic (exact) mass is 589 g/mol. The predicted molar refractivity (Wildman–Crippen MR) is 146 cm³/mol. The zero-order chi connectivity index (χ0) is 24.2. The Hall–Kier alpha value is -1.24. The fourth-order valence-corrected chi connectivity index (χ4v) is 7.04. The van der Waals surface area contributed by atoms with Gasteiger partial charge in [-0.15, -0.1) is 0 Å². The number of hydrogen-bond donors (Lipinski definition) is 1. The standard InChI is InChI=1S/C28H37Br2N3O/c1-4-20(9-12-33(3)25(34)15-19-7-10-31-11-8-19)27-26-21(13-18(2)14-24(26)30)5-6-22-16-23(29)17-32-28(22)27/h13-14,16-17,19-20,27,31H,4-12,15H2,1-3H3. The summed E-state index contributed by atoms with van der Waals surface area (Å²) in [6.45, 7) is 7.33. The van der Waals surface area contributed by atoms with Crippen LogP contribution >= 0.6 is 31.9 Å². The molecule has 2 unspecified atom stereocenters. The van der Waals surface area contributed by atoms with Crippen LogP contribution in [-0.4, -0.2) is 42.5 Å². The summed E-state index contributed by atoms with van der Waals surface area (Å²) < 4.78 is 2.24. The fourth-order valence-electron chi connectivity index (χ4n) is 5.80. The van der Waals surface area contributed by atoms with E-state index in [1.165, 1.54) is 32.4 Å². The van der Waals surface area contributed by atoms with E-state index >= 15 is 0 Å². The van der Waals surface area contributed by atoms with Crippen molar-refractivity contribution in [3.63, 3.8) is 0 Å². The summed E-state index contributed by atoms with van der Waals surface area (Å²) in [7, 11) is 1.99. The molecule has 184 valence electrons. The van der Waals surface area contributed by atoms with Gasteiger partial charge in [0, 0.05) is 41.1 Å². The Morgan fingerprint density at radius 3 is 2.65 bits per heavy atom. The van der Waals surface area contributed by atoms with E-state index < -0.39 is 0 Å². The quantitative estimate of drug-likeness (QED) is 0.405. The van der Waals surface area contributed by atoms with E-state index in [4.69, 9.17) is 4.98 Å². The number of nitrogens with one attached hydrogen (secondary N) is 1. The summed E-state index contributed by atoms with van der Waals surface area (Å²) >= 11 is 7.56. The number of halogens is 2. The molecule has 2 aliphatic rings. The number of amides is 1. The van der Waals surface area contributed by atoms with Gasteiger partial charge in [0.2, 0.25) is 5.91 Å². The fraction of sp³-hybridized carbons (Fsp3) is 0.571. The molecule has 1 aromatic heterocycles. The summed E-state index contributed by atoms with van der Waals surface area (Å²) in [6, 6.07) is 6.86. The average molecular weight is 591 g/mol. The van der Waals surface area contributed by atoms with Crippen LogP contribution in [0.2, 0.25) is 0 Å². The second-order valence-corrected chi connectivity index (χ2v) is 11.9. The number of carbonyl (C=O) groups is 1. The molecule has 1 fully saturated rings. The highest BCUT2D eigenvalue weighted by molar-refractivity contribution is 9.10. The van der Waals surface area contributed by atoms with Gasteiger partial charge < -0.3 is 10.2 Å². The first-order valence-electron chi connectivity index (χ1n) is 12.7. The first-order chi connectivity index (χ1) is 16.4. The largest absolute Gasteiger partial charge is 0.346 e. The lowest BCUT2D eigenvalue weighted by molar-refractivity contribution is -0.131. The predicted octanol–water partition coefficient (Wildman–Crippen LogP) is 6.41. The van der Waals surface area contributed by atoms with Crippen molar-refractivity contribution in [2.75, 3.05) is 26.7 Å². The third kappa shape index (κ3) is 5.93. The third-order valence-corrected chi connectivity index (χ3v) is 8.87. The van der Waals surface area contributed by atoms with E-state index in [9.17, 15) is 4.79 Å². The van der Waals surface area contributed by atoms with Gasteiger partial charge in [-0.1, -0.05) is 35.3 Å². The van der Waals surface area contributed by atoms with Gasteiger partial charge in [0.05, 0.1) is 5.69 Å². The lowest BCUT2D eigenvalue weighted by Crippen LogP contribution is -2.34. The molecule has 1 N–H and O–H groups in total. The van der Waals surface area contributed by atoms with Crippen molar-refractivity contribution in [3.8, 4) is 0 Å². The molecule has 4 nitrogen and oxygen atoms in total. The SMILES string of the molecule is CCC(CCN(C)C(=O)CC1CCNCC1)C1c2ncc(Br)cc2CCc2cc(C)cc(Br)c21. The Morgan fingerprint density at radius 2 is 1.91 bits per heavy atom. The van der Waals surface area contributed by atoms with Crippen molar-refractivity contribution in [2.45, 2.75) is 64.7 Å². The average Bonchev–Trinajstić information content (AvgIpc) is 2.97. The molecular weight excluding hydrogens is 554 g/mol. The van der Waals surface area contributed by atoms with Crippen LogP contribution in [-0.2, 0) is 17.6 Å². The molecule has 1 aliphatic heterocycles. The van der Waals surface area contributed by atoms with Crippen molar-refractivity contribution in [1.82, 2.24) is 15.2 Å². The molecule has 1 saturated heterocycles. The van der Waals surface area contributed by atoms with Crippen LogP contribution in [0.5, 0.6) is 0 Å². The van der Waals surface area contributed by atoms with Crippen molar-refractivity contribution < 1.29 is 4.79 Å². The molecule has 0 spiro atoms. The number of pyridine rings is 1.